The van der Waals surface area contributed by atoms with Gasteiger partial charge < -0.3 is 9.73 Å². The van der Waals surface area contributed by atoms with Crippen molar-refractivity contribution < 1.29 is 9.21 Å². The van der Waals surface area contributed by atoms with E-state index in [4.69, 9.17) is 4.42 Å². The van der Waals surface area contributed by atoms with Crippen LogP contribution < -0.4 is 10.9 Å². The van der Waals surface area contributed by atoms with E-state index in [2.05, 4.69) is 10.4 Å². The standard InChI is InChI=1S/C13H15N3O3/c1-9(2)14-12(17)8-16-13(18)6-5-10(15-16)11-4-3-7-19-11/h3-7,9H,8H2,1-2H3,(H,14,17). The number of nitrogens with one attached hydrogen (secondary N) is 1. The number of nitrogens with zero attached hydrogens (tertiary/aromatic N) is 2. The van der Waals surface area contributed by atoms with Crippen LogP contribution in [0.15, 0.2) is 39.7 Å². The monoisotopic (exact) mass is 261 g/mol. The first-order chi connectivity index (χ1) is 9.06. The van der Waals surface area contributed by atoms with Crippen molar-refractivity contribution >= 4 is 5.91 Å². The molecule has 0 aliphatic carbocycles. The Bertz CT molecular complexity index is 614. The topological polar surface area (TPSA) is 77.1 Å². The van der Waals surface area contributed by atoms with Gasteiger partial charge in [-0.3, -0.25) is 9.59 Å². The largest absolute Gasteiger partial charge is 0.463 e. The maximum absolute atomic E-state index is 11.7. The number of furan rings is 1. The summed E-state index contributed by atoms with van der Waals surface area (Å²) in [6, 6.07) is 6.44. The molecule has 0 fully saturated rings. The van der Waals surface area contributed by atoms with Crippen molar-refractivity contribution in [3.63, 3.8) is 0 Å². The molecule has 0 radical (unpaired) electrons. The minimum atomic E-state index is -0.325. The van der Waals surface area contributed by atoms with Crippen molar-refractivity contribution in [3.8, 4) is 11.5 Å². The summed E-state index contributed by atoms with van der Waals surface area (Å²) in [5.41, 5.74) is 0.191. The first kappa shape index (κ1) is 13.1. The lowest BCUT2D eigenvalue weighted by atomic mass is 10.3. The van der Waals surface area contributed by atoms with Crippen molar-refractivity contribution in [2.24, 2.45) is 0 Å². The molecule has 1 amide bonds. The lowest BCUT2D eigenvalue weighted by Crippen LogP contribution is -2.36. The zero-order valence-corrected chi connectivity index (χ0v) is 10.8. The van der Waals surface area contributed by atoms with E-state index < -0.39 is 0 Å². The van der Waals surface area contributed by atoms with Crippen LogP contribution in [-0.2, 0) is 11.3 Å². The number of amides is 1. The first-order valence-electron chi connectivity index (χ1n) is 5.97. The number of aromatic nitrogens is 2. The molecule has 1 N–H and O–H groups in total. The van der Waals surface area contributed by atoms with Crippen LogP contribution in [0.1, 0.15) is 13.8 Å². The second-order valence-electron chi connectivity index (χ2n) is 4.41. The molecule has 2 aromatic heterocycles. The molecule has 6 nitrogen and oxygen atoms in total. The van der Waals surface area contributed by atoms with Gasteiger partial charge in [0.15, 0.2) is 5.76 Å². The highest BCUT2D eigenvalue weighted by atomic mass is 16.3. The molecule has 2 rings (SSSR count). The van der Waals surface area contributed by atoms with Gasteiger partial charge in [0.25, 0.3) is 5.56 Å². The summed E-state index contributed by atoms with van der Waals surface area (Å²) in [4.78, 5) is 23.3. The number of carbonyl (C=O) groups is 1. The molecule has 2 aromatic rings. The van der Waals surface area contributed by atoms with Gasteiger partial charge in [0, 0.05) is 12.1 Å². The third kappa shape index (κ3) is 3.31. The van der Waals surface area contributed by atoms with E-state index >= 15 is 0 Å². The van der Waals surface area contributed by atoms with Crippen LogP contribution in [0.2, 0.25) is 0 Å². The van der Waals surface area contributed by atoms with Gasteiger partial charge >= 0.3 is 0 Å². The molecule has 0 aliphatic heterocycles. The van der Waals surface area contributed by atoms with Gasteiger partial charge in [-0.1, -0.05) is 0 Å². The van der Waals surface area contributed by atoms with Gasteiger partial charge in [-0.15, -0.1) is 0 Å². The van der Waals surface area contributed by atoms with Crippen molar-refractivity contribution in [3.05, 3.63) is 40.9 Å². The van der Waals surface area contributed by atoms with E-state index in [-0.39, 0.29) is 24.1 Å². The predicted octanol–water partition coefficient (Wildman–Crippen LogP) is 1.03. The molecule has 100 valence electrons. The van der Waals surface area contributed by atoms with Gasteiger partial charge in [-0.05, 0) is 32.0 Å². The Balaban J connectivity index is 2.23. The van der Waals surface area contributed by atoms with Crippen LogP contribution >= 0.6 is 0 Å². The highest BCUT2D eigenvalue weighted by molar-refractivity contribution is 5.75. The Morgan fingerprint density at radius 2 is 2.21 bits per heavy atom. The summed E-state index contributed by atoms with van der Waals surface area (Å²) < 4.78 is 6.33. The fraction of sp³-hybridized carbons (Fsp3) is 0.308. The van der Waals surface area contributed by atoms with Crippen LogP contribution in [0, 0.1) is 0 Å². The molecule has 2 heterocycles. The molecule has 0 aliphatic rings. The minimum absolute atomic E-state index is 0.0245. The van der Waals surface area contributed by atoms with Crippen molar-refractivity contribution in [1.29, 1.82) is 0 Å². The third-order valence-corrected chi connectivity index (χ3v) is 2.38. The Hall–Kier alpha value is -2.37. The fourth-order valence-electron chi connectivity index (χ4n) is 1.62. The zero-order chi connectivity index (χ0) is 13.8. The average Bonchev–Trinajstić information content (AvgIpc) is 2.84. The normalized spacial score (nSPS) is 10.7. The van der Waals surface area contributed by atoms with E-state index in [0.29, 0.717) is 11.5 Å². The highest BCUT2D eigenvalue weighted by Crippen LogP contribution is 2.14. The molecule has 0 saturated heterocycles. The van der Waals surface area contributed by atoms with Crippen LogP contribution in [0.25, 0.3) is 11.5 Å². The summed E-state index contributed by atoms with van der Waals surface area (Å²) in [5.74, 6) is 0.305. The number of rotatable bonds is 4. The molecule has 6 heteroatoms. The molecule has 19 heavy (non-hydrogen) atoms. The second-order valence-corrected chi connectivity index (χ2v) is 4.41. The molecular formula is C13H15N3O3. The molecule has 0 unspecified atom stereocenters. The lowest BCUT2D eigenvalue weighted by molar-refractivity contribution is -0.122. The van der Waals surface area contributed by atoms with Gasteiger partial charge in [-0.25, -0.2) is 4.68 Å². The Kier molecular flexibility index (Phi) is 3.79. The maximum atomic E-state index is 11.7. The summed E-state index contributed by atoms with van der Waals surface area (Å²) in [6.45, 7) is 3.60. The van der Waals surface area contributed by atoms with E-state index in [1.807, 2.05) is 13.8 Å². The fourth-order valence-corrected chi connectivity index (χ4v) is 1.62. The molecular weight excluding hydrogens is 246 g/mol. The Morgan fingerprint density at radius 3 is 2.84 bits per heavy atom. The SMILES string of the molecule is CC(C)NC(=O)Cn1nc(-c2ccco2)ccc1=O. The first-order valence-corrected chi connectivity index (χ1v) is 5.97. The van der Waals surface area contributed by atoms with Crippen LogP contribution in [-0.4, -0.2) is 21.7 Å². The van der Waals surface area contributed by atoms with Gasteiger partial charge in [0.1, 0.15) is 12.2 Å². The Morgan fingerprint density at radius 1 is 1.42 bits per heavy atom. The molecule has 0 spiro atoms. The molecule has 0 atom stereocenters. The van der Waals surface area contributed by atoms with E-state index in [1.165, 1.54) is 12.3 Å². The number of carbonyl (C=O) groups excluding carboxylic acids is 1. The maximum Gasteiger partial charge on any atom is 0.267 e. The summed E-state index contributed by atoms with van der Waals surface area (Å²) in [7, 11) is 0. The summed E-state index contributed by atoms with van der Waals surface area (Å²) in [5, 5.41) is 6.82. The zero-order valence-electron chi connectivity index (χ0n) is 10.8. The van der Waals surface area contributed by atoms with E-state index in [0.717, 1.165) is 4.68 Å². The quantitative estimate of drug-likeness (QED) is 0.891. The Labute approximate surface area is 110 Å². The molecule has 0 aromatic carbocycles. The van der Waals surface area contributed by atoms with Crippen molar-refractivity contribution in [1.82, 2.24) is 15.1 Å². The van der Waals surface area contributed by atoms with Gasteiger partial charge in [-0.2, -0.15) is 5.10 Å². The average molecular weight is 261 g/mol. The minimum Gasteiger partial charge on any atom is -0.463 e. The highest BCUT2D eigenvalue weighted by Gasteiger charge is 2.09. The van der Waals surface area contributed by atoms with Gasteiger partial charge in [0.05, 0.1) is 6.26 Å². The van der Waals surface area contributed by atoms with E-state index in [1.54, 1.807) is 18.2 Å². The predicted molar refractivity (Wildman–Crippen MR) is 69.5 cm³/mol. The van der Waals surface area contributed by atoms with E-state index in [9.17, 15) is 9.59 Å². The third-order valence-electron chi connectivity index (χ3n) is 2.38. The lowest BCUT2D eigenvalue weighted by Gasteiger charge is -2.09. The number of hydrogen-bond donors (Lipinski definition) is 1. The van der Waals surface area contributed by atoms with Crippen molar-refractivity contribution in [2.45, 2.75) is 26.4 Å². The second kappa shape index (κ2) is 5.51. The van der Waals surface area contributed by atoms with Crippen LogP contribution in [0.4, 0.5) is 0 Å². The van der Waals surface area contributed by atoms with Crippen LogP contribution in [0.3, 0.4) is 0 Å². The van der Waals surface area contributed by atoms with Gasteiger partial charge in [0.2, 0.25) is 5.91 Å². The summed E-state index contributed by atoms with van der Waals surface area (Å²) >= 11 is 0. The molecule has 0 saturated carbocycles. The molecule has 0 bridgehead atoms. The van der Waals surface area contributed by atoms with Crippen molar-refractivity contribution in [2.75, 3.05) is 0 Å². The number of hydrogen-bond acceptors (Lipinski definition) is 4. The van der Waals surface area contributed by atoms with Crippen LogP contribution in [0.5, 0.6) is 0 Å². The summed E-state index contributed by atoms with van der Waals surface area (Å²) in [6.07, 6.45) is 1.53. The smallest absolute Gasteiger partial charge is 0.267 e.